The van der Waals surface area contributed by atoms with Gasteiger partial charge in [-0.3, -0.25) is 0 Å². The third kappa shape index (κ3) is 1.94. The van der Waals surface area contributed by atoms with Crippen LogP contribution in [0.15, 0.2) is 36.4 Å². The van der Waals surface area contributed by atoms with E-state index in [1.807, 2.05) is 38.1 Å². The molecule has 3 rings (SSSR count). The van der Waals surface area contributed by atoms with Gasteiger partial charge in [0, 0.05) is 17.7 Å². The summed E-state index contributed by atoms with van der Waals surface area (Å²) in [5.41, 5.74) is 2.55. The van der Waals surface area contributed by atoms with Gasteiger partial charge in [0.2, 0.25) is 0 Å². The summed E-state index contributed by atoms with van der Waals surface area (Å²) in [4.78, 5) is 4.27. The summed E-state index contributed by atoms with van der Waals surface area (Å²) in [6.07, 6.45) is 0. The molecule has 0 aliphatic heterocycles. The maximum Gasteiger partial charge on any atom is 0.287 e. The van der Waals surface area contributed by atoms with E-state index in [1.165, 1.54) is 0 Å². The molecule has 0 bridgehead atoms. The Hall–Kier alpha value is -2.03. The van der Waals surface area contributed by atoms with Gasteiger partial charge in [0.05, 0.1) is 5.52 Å². The number of pyridine rings is 1. The van der Waals surface area contributed by atoms with E-state index in [0.717, 1.165) is 28.8 Å². The number of alkyl halides is 2. The summed E-state index contributed by atoms with van der Waals surface area (Å²) in [5.74, 6) is -2.95. The van der Waals surface area contributed by atoms with Crippen molar-refractivity contribution in [1.82, 2.24) is 4.98 Å². The Morgan fingerprint density at radius 3 is 2.25 bits per heavy atom. The minimum atomic E-state index is -2.95. The number of aryl methyl sites for hydroxylation is 2. The van der Waals surface area contributed by atoms with Crippen molar-refractivity contribution in [2.45, 2.75) is 26.7 Å². The van der Waals surface area contributed by atoms with E-state index in [0.29, 0.717) is 10.9 Å². The molecule has 3 heteroatoms. The van der Waals surface area contributed by atoms with Crippen LogP contribution in [0.2, 0.25) is 0 Å². The van der Waals surface area contributed by atoms with E-state index in [9.17, 15) is 8.78 Å². The van der Waals surface area contributed by atoms with Gasteiger partial charge in [0.15, 0.2) is 0 Å². The maximum absolute atomic E-state index is 13.9. The quantitative estimate of drug-likeness (QED) is 0.560. The van der Waals surface area contributed by atoms with Crippen molar-refractivity contribution >= 4 is 21.7 Å². The lowest BCUT2D eigenvalue weighted by molar-refractivity contribution is 0.0148. The summed E-state index contributed by atoms with van der Waals surface area (Å²) in [5, 5.41) is 2.30. The Kier molecular flexibility index (Phi) is 2.75. The molecule has 0 amide bonds. The van der Waals surface area contributed by atoms with Gasteiger partial charge in [0.1, 0.15) is 5.69 Å². The predicted molar refractivity (Wildman–Crippen MR) is 78.3 cm³/mol. The maximum atomic E-state index is 13.9. The molecule has 0 N–H and O–H groups in total. The Labute approximate surface area is 116 Å². The predicted octanol–water partition coefficient (Wildman–Crippen LogP) is 5.12. The van der Waals surface area contributed by atoms with Crippen LogP contribution in [0, 0.1) is 13.8 Å². The van der Waals surface area contributed by atoms with Gasteiger partial charge in [-0.25, -0.2) is 4.98 Å². The first kappa shape index (κ1) is 13.0. The van der Waals surface area contributed by atoms with Crippen LogP contribution >= 0.6 is 0 Å². The van der Waals surface area contributed by atoms with Crippen LogP contribution in [0.4, 0.5) is 8.78 Å². The Balaban J connectivity index is 2.59. The van der Waals surface area contributed by atoms with Gasteiger partial charge in [-0.2, -0.15) is 8.78 Å². The number of nitrogens with zero attached hydrogens (tertiary/aromatic N) is 1. The normalized spacial score (nSPS) is 12.2. The zero-order valence-electron chi connectivity index (χ0n) is 11.7. The number of hydrogen-bond donors (Lipinski definition) is 0. The molecule has 0 fully saturated rings. The standard InChI is InChI=1S/C17H15F2N/c1-10-8-11(2)15-14(9-10)12-6-4-5-7-13(12)16(20-15)17(3,18)19/h4-9H,1-3H3. The lowest BCUT2D eigenvalue weighted by Gasteiger charge is -2.16. The van der Waals surface area contributed by atoms with E-state index in [-0.39, 0.29) is 5.69 Å². The first-order chi connectivity index (χ1) is 9.38. The van der Waals surface area contributed by atoms with Crippen molar-refractivity contribution in [2.75, 3.05) is 0 Å². The molecule has 0 saturated heterocycles. The van der Waals surface area contributed by atoms with E-state index in [1.54, 1.807) is 12.1 Å². The molecule has 1 nitrogen and oxygen atoms in total. The molecule has 0 saturated carbocycles. The Morgan fingerprint density at radius 1 is 0.950 bits per heavy atom. The van der Waals surface area contributed by atoms with Crippen molar-refractivity contribution in [2.24, 2.45) is 0 Å². The average molecular weight is 271 g/mol. The molecule has 1 heterocycles. The summed E-state index contributed by atoms with van der Waals surface area (Å²) in [7, 11) is 0. The monoisotopic (exact) mass is 271 g/mol. The van der Waals surface area contributed by atoms with Crippen molar-refractivity contribution in [3.05, 3.63) is 53.2 Å². The zero-order chi connectivity index (χ0) is 14.5. The van der Waals surface area contributed by atoms with Crippen LogP contribution < -0.4 is 0 Å². The highest BCUT2D eigenvalue weighted by molar-refractivity contribution is 6.07. The number of rotatable bonds is 1. The van der Waals surface area contributed by atoms with Gasteiger partial charge < -0.3 is 0 Å². The summed E-state index contributed by atoms with van der Waals surface area (Å²) < 4.78 is 27.7. The molecule has 3 aromatic rings. The van der Waals surface area contributed by atoms with E-state index < -0.39 is 5.92 Å². The lowest BCUT2D eigenvalue weighted by atomic mass is 9.98. The third-order valence-electron chi connectivity index (χ3n) is 3.56. The largest absolute Gasteiger partial charge is 0.287 e. The number of fused-ring (bicyclic) bond motifs is 3. The lowest BCUT2D eigenvalue weighted by Crippen LogP contribution is -2.11. The molecule has 0 aliphatic rings. The molecule has 0 aliphatic carbocycles. The molecular formula is C17H15F2N. The fraction of sp³-hybridized carbons (Fsp3) is 0.235. The van der Waals surface area contributed by atoms with E-state index in [2.05, 4.69) is 4.98 Å². The van der Waals surface area contributed by atoms with Crippen molar-refractivity contribution in [3.8, 4) is 0 Å². The molecule has 102 valence electrons. The Bertz CT molecular complexity index is 816. The molecule has 0 atom stereocenters. The molecule has 0 radical (unpaired) electrons. The minimum Gasteiger partial charge on any atom is -0.246 e. The van der Waals surface area contributed by atoms with E-state index in [4.69, 9.17) is 0 Å². The van der Waals surface area contributed by atoms with Crippen molar-refractivity contribution in [1.29, 1.82) is 0 Å². The second kappa shape index (κ2) is 4.23. The van der Waals surface area contributed by atoms with Crippen LogP contribution in [-0.4, -0.2) is 4.98 Å². The summed E-state index contributed by atoms with van der Waals surface area (Å²) in [6.45, 7) is 4.81. The van der Waals surface area contributed by atoms with Crippen LogP contribution in [0.25, 0.3) is 21.7 Å². The highest BCUT2D eigenvalue weighted by atomic mass is 19.3. The highest BCUT2D eigenvalue weighted by Gasteiger charge is 2.29. The topological polar surface area (TPSA) is 12.9 Å². The van der Waals surface area contributed by atoms with E-state index >= 15 is 0 Å². The SMILES string of the molecule is Cc1cc(C)c2nc(C(C)(F)F)c3ccccc3c2c1. The fourth-order valence-corrected chi connectivity index (χ4v) is 2.74. The summed E-state index contributed by atoms with van der Waals surface area (Å²) in [6, 6.07) is 11.2. The first-order valence-electron chi connectivity index (χ1n) is 6.56. The second-order valence-corrected chi connectivity index (χ2v) is 5.37. The zero-order valence-corrected chi connectivity index (χ0v) is 11.7. The van der Waals surface area contributed by atoms with Gasteiger partial charge >= 0.3 is 0 Å². The van der Waals surface area contributed by atoms with Crippen LogP contribution in [0.3, 0.4) is 0 Å². The molecule has 20 heavy (non-hydrogen) atoms. The number of benzene rings is 2. The second-order valence-electron chi connectivity index (χ2n) is 5.37. The smallest absolute Gasteiger partial charge is 0.246 e. The van der Waals surface area contributed by atoms with Gasteiger partial charge in [0.25, 0.3) is 5.92 Å². The molecule has 2 aromatic carbocycles. The third-order valence-corrected chi connectivity index (χ3v) is 3.56. The van der Waals surface area contributed by atoms with Crippen LogP contribution in [0.5, 0.6) is 0 Å². The van der Waals surface area contributed by atoms with Crippen molar-refractivity contribution < 1.29 is 8.78 Å². The minimum absolute atomic E-state index is 0.146. The average Bonchev–Trinajstić information content (AvgIpc) is 2.36. The molecule has 0 unspecified atom stereocenters. The summed E-state index contributed by atoms with van der Waals surface area (Å²) >= 11 is 0. The Morgan fingerprint density at radius 2 is 1.60 bits per heavy atom. The van der Waals surface area contributed by atoms with Crippen LogP contribution in [-0.2, 0) is 5.92 Å². The molecular weight excluding hydrogens is 256 g/mol. The van der Waals surface area contributed by atoms with Gasteiger partial charge in [-0.05, 0) is 30.9 Å². The van der Waals surface area contributed by atoms with Gasteiger partial charge in [-0.1, -0.05) is 35.9 Å². The van der Waals surface area contributed by atoms with Gasteiger partial charge in [-0.15, -0.1) is 0 Å². The number of aromatic nitrogens is 1. The van der Waals surface area contributed by atoms with Crippen LogP contribution in [0.1, 0.15) is 23.7 Å². The number of halogens is 2. The van der Waals surface area contributed by atoms with Crippen molar-refractivity contribution in [3.63, 3.8) is 0 Å². The fourth-order valence-electron chi connectivity index (χ4n) is 2.74. The molecule has 0 spiro atoms. The highest BCUT2D eigenvalue weighted by Crippen LogP contribution is 2.36. The molecule has 1 aromatic heterocycles. The first-order valence-corrected chi connectivity index (χ1v) is 6.56. The number of hydrogen-bond acceptors (Lipinski definition) is 1.